The fourth-order valence-electron chi connectivity index (χ4n) is 1.44. The largest absolute Gasteiger partial charge is 0.345 e. The second-order valence-corrected chi connectivity index (χ2v) is 3.50. The minimum absolute atomic E-state index is 0. The lowest BCUT2D eigenvalue weighted by atomic mass is 10.1. The van der Waals surface area contributed by atoms with E-state index in [9.17, 15) is 4.79 Å². The Morgan fingerprint density at radius 3 is 2.93 bits per heavy atom. The molecule has 0 aliphatic rings. The molecule has 0 aromatic carbocycles. The second kappa shape index (κ2) is 3.21. The quantitative estimate of drug-likeness (QED) is 0.746. The fraction of sp³-hybridized carbons (Fsp3) is 0.300. The van der Waals surface area contributed by atoms with Gasteiger partial charge in [0.1, 0.15) is 0 Å². The lowest BCUT2D eigenvalue weighted by Crippen LogP contribution is -2.10. The molecule has 0 saturated heterocycles. The average Bonchev–Trinajstić information content (AvgIpc) is 2.16. The number of H-pyrrole nitrogens is 1. The van der Waals surface area contributed by atoms with Gasteiger partial charge in [-0.1, -0.05) is 13.8 Å². The Hall–Kier alpha value is -1.71. The molecule has 0 spiro atoms. The van der Waals surface area contributed by atoms with Crippen LogP contribution in [-0.4, -0.2) is 15.0 Å². The molecule has 2 heterocycles. The van der Waals surface area contributed by atoms with Crippen LogP contribution < -0.4 is 5.69 Å². The first kappa shape index (κ1) is 8.87. The van der Waals surface area contributed by atoms with Crippen molar-refractivity contribution in [3.8, 4) is 0 Å². The molecule has 0 saturated carbocycles. The molecule has 0 fully saturated rings. The first-order valence-electron chi connectivity index (χ1n) is 4.52. The summed E-state index contributed by atoms with van der Waals surface area (Å²) in [4.78, 5) is 21.7. The van der Waals surface area contributed by atoms with E-state index in [2.05, 4.69) is 15.0 Å². The minimum atomic E-state index is -0.326. The van der Waals surface area contributed by atoms with E-state index in [1.165, 1.54) is 0 Å². The zero-order chi connectivity index (χ0) is 10.1. The molecule has 0 radical (unpaired) electrons. The molecule has 0 aliphatic heterocycles. The van der Waals surface area contributed by atoms with Gasteiger partial charge in [-0.15, -0.1) is 0 Å². The molecule has 1 N–H and O–H groups in total. The van der Waals surface area contributed by atoms with Gasteiger partial charge in [-0.25, -0.2) is 9.78 Å². The predicted molar refractivity (Wildman–Crippen MR) is 56.4 cm³/mol. The van der Waals surface area contributed by atoms with Crippen molar-refractivity contribution in [2.24, 2.45) is 0 Å². The van der Waals surface area contributed by atoms with Crippen LogP contribution in [0.2, 0.25) is 0 Å². The van der Waals surface area contributed by atoms with Gasteiger partial charge in [0, 0.05) is 19.2 Å². The third-order valence-corrected chi connectivity index (χ3v) is 2.11. The van der Waals surface area contributed by atoms with Crippen LogP contribution in [0.25, 0.3) is 10.9 Å². The molecule has 0 unspecified atom stereocenters. The van der Waals surface area contributed by atoms with Crippen LogP contribution in [0.5, 0.6) is 0 Å². The van der Waals surface area contributed by atoms with Gasteiger partial charge >= 0.3 is 5.69 Å². The van der Waals surface area contributed by atoms with E-state index in [-0.39, 0.29) is 13.0 Å². The molecule has 2 aromatic rings. The number of aromatic nitrogens is 3. The van der Waals surface area contributed by atoms with Crippen molar-refractivity contribution < 1.29 is 1.43 Å². The molecule has 4 nitrogen and oxygen atoms in total. The summed E-state index contributed by atoms with van der Waals surface area (Å²) < 4.78 is 0. The standard InChI is InChI=1S/C10H11N3O.H2/c1-6(2)8-9-7(3-4-11-8)5-12-10(14)13-9;/h3-6H,1-2H3,(H,12,13,14);1H. The Kier molecular flexibility index (Phi) is 2.04. The summed E-state index contributed by atoms with van der Waals surface area (Å²) in [5, 5.41) is 0.920. The maximum atomic E-state index is 11.1. The van der Waals surface area contributed by atoms with Gasteiger partial charge in [-0.2, -0.15) is 0 Å². The zero-order valence-corrected chi connectivity index (χ0v) is 8.11. The highest BCUT2D eigenvalue weighted by Crippen LogP contribution is 2.18. The zero-order valence-electron chi connectivity index (χ0n) is 8.11. The summed E-state index contributed by atoms with van der Waals surface area (Å²) in [6, 6.07) is 1.84. The highest BCUT2D eigenvalue weighted by Gasteiger charge is 2.06. The van der Waals surface area contributed by atoms with E-state index in [1.807, 2.05) is 19.9 Å². The number of aromatic amines is 1. The van der Waals surface area contributed by atoms with Crippen molar-refractivity contribution >= 4 is 10.9 Å². The van der Waals surface area contributed by atoms with Crippen molar-refractivity contribution in [1.82, 2.24) is 15.0 Å². The number of hydrogen-bond donors (Lipinski definition) is 1. The molecule has 0 bridgehead atoms. The van der Waals surface area contributed by atoms with Crippen LogP contribution in [0.15, 0.2) is 23.3 Å². The van der Waals surface area contributed by atoms with Crippen LogP contribution in [0.1, 0.15) is 26.9 Å². The van der Waals surface area contributed by atoms with Gasteiger partial charge < -0.3 is 4.98 Å². The van der Waals surface area contributed by atoms with Crippen molar-refractivity contribution in [2.45, 2.75) is 19.8 Å². The molecule has 14 heavy (non-hydrogen) atoms. The minimum Gasteiger partial charge on any atom is -0.304 e. The maximum Gasteiger partial charge on any atom is 0.345 e. The Balaban J connectivity index is 0.00000112. The van der Waals surface area contributed by atoms with E-state index in [4.69, 9.17) is 0 Å². The van der Waals surface area contributed by atoms with Gasteiger partial charge in [0.05, 0.1) is 11.2 Å². The maximum absolute atomic E-state index is 11.1. The van der Waals surface area contributed by atoms with E-state index in [0.717, 1.165) is 16.6 Å². The summed E-state index contributed by atoms with van der Waals surface area (Å²) in [5.74, 6) is 0.289. The Morgan fingerprint density at radius 2 is 2.21 bits per heavy atom. The average molecular weight is 191 g/mol. The molecule has 74 valence electrons. The normalized spacial score (nSPS) is 11.1. The first-order valence-corrected chi connectivity index (χ1v) is 4.52. The first-order chi connectivity index (χ1) is 6.68. The topological polar surface area (TPSA) is 58.6 Å². The van der Waals surface area contributed by atoms with Crippen LogP contribution in [0, 0.1) is 0 Å². The Labute approximate surface area is 82.5 Å². The summed E-state index contributed by atoms with van der Waals surface area (Å²) in [5.41, 5.74) is 1.37. The van der Waals surface area contributed by atoms with Gasteiger partial charge in [-0.05, 0) is 12.0 Å². The summed E-state index contributed by atoms with van der Waals surface area (Å²) in [7, 11) is 0. The second-order valence-electron chi connectivity index (χ2n) is 3.50. The summed E-state index contributed by atoms with van der Waals surface area (Å²) >= 11 is 0. The molecule has 0 aliphatic carbocycles. The Morgan fingerprint density at radius 1 is 1.43 bits per heavy atom. The molecule has 2 rings (SSSR count). The Bertz CT molecular complexity index is 521. The lowest BCUT2D eigenvalue weighted by molar-refractivity contribution is 0.828. The van der Waals surface area contributed by atoms with Gasteiger partial charge in [0.2, 0.25) is 0 Å². The van der Waals surface area contributed by atoms with Crippen LogP contribution in [0.4, 0.5) is 0 Å². The molecule has 4 heteroatoms. The van der Waals surface area contributed by atoms with Gasteiger partial charge in [0.15, 0.2) is 0 Å². The van der Waals surface area contributed by atoms with E-state index < -0.39 is 0 Å². The van der Waals surface area contributed by atoms with E-state index in [1.54, 1.807) is 12.4 Å². The van der Waals surface area contributed by atoms with Crippen molar-refractivity contribution in [1.29, 1.82) is 0 Å². The number of hydrogen-bond acceptors (Lipinski definition) is 3. The van der Waals surface area contributed by atoms with Crippen LogP contribution in [0.3, 0.4) is 0 Å². The lowest BCUT2D eigenvalue weighted by Gasteiger charge is -2.06. The van der Waals surface area contributed by atoms with E-state index >= 15 is 0 Å². The number of nitrogens with one attached hydrogen (secondary N) is 1. The van der Waals surface area contributed by atoms with Crippen LogP contribution >= 0.6 is 0 Å². The number of nitrogens with zero attached hydrogens (tertiary/aromatic N) is 2. The molecule has 0 atom stereocenters. The number of fused-ring (bicyclic) bond motifs is 1. The number of rotatable bonds is 1. The third kappa shape index (κ3) is 1.39. The summed E-state index contributed by atoms with van der Waals surface area (Å²) in [6.07, 6.45) is 3.30. The van der Waals surface area contributed by atoms with E-state index in [0.29, 0.717) is 0 Å². The smallest absolute Gasteiger partial charge is 0.304 e. The highest BCUT2D eigenvalue weighted by molar-refractivity contribution is 5.79. The van der Waals surface area contributed by atoms with Crippen molar-refractivity contribution in [3.05, 3.63) is 34.6 Å². The van der Waals surface area contributed by atoms with Gasteiger partial charge in [0.25, 0.3) is 0 Å². The van der Waals surface area contributed by atoms with Crippen LogP contribution in [-0.2, 0) is 0 Å². The molecular formula is C10H13N3O. The molecule has 0 amide bonds. The fourth-order valence-corrected chi connectivity index (χ4v) is 1.44. The number of pyridine rings is 1. The van der Waals surface area contributed by atoms with Crippen molar-refractivity contribution in [3.63, 3.8) is 0 Å². The molecule has 2 aromatic heterocycles. The summed E-state index contributed by atoms with van der Waals surface area (Å²) in [6.45, 7) is 4.08. The predicted octanol–water partition coefficient (Wildman–Crippen LogP) is 1.69. The molecular weight excluding hydrogens is 178 g/mol. The van der Waals surface area contributed by atoms with Crippen molar-refractivity contribution in [2.75, 3.05) is 0 Å². The monoisotopic (exact) mass is 191 g/mol. The SMILES string of the molecule is CC(C)c1nccc2cnc(=O)[nH]c12.[HH]. The third-order valence-electron chi connectivity index (χ3n) is 2.11. The van der Waals surface area contributed by atoms with Gasteiger partial charge in [-0.3, -0.25) is 4.98 Å². The highest BCUT2D eigenvalue weighted by atomic mass is 16.1.